The number of carbonyl (C=O) groups is 1. The van der Waals surface area contributed by atoms with E-state index in [0.29, 0.717) is 18.1 Å². The van der Waals surface area contributed by atoms with E-state index in [2.05, 4.69) is 23.7 Å². The van der Waals surface area contributed by atoms with Crippen molar-refractivity contribution in [2.24, 2.45) is 0 Å². The van der Waals surface area contributed by atoms with Gasteiger partial charge in [0.05, 0.1) is 5.60 Å². The molecule has 1 saturated heterocycles. The molecular weight excluding hydrogens is 348 g/mol. The van der Waals surface area contributed by atoms with E-state index in [1.54, 1.807) is 0 Å². The molecule has 4 nitrogen and oxygen atoms in total. The van der Waals surface area contributed by atoms with Crippen LogP contribution in [0.2, 0.25) is 5.02 Å². The van der Waals surface area contributed by atoms with Gasteiger partial charge in [-0.05, 0) is 56.5 Å². The van der Waals surface area contributed by atoms with Crippen molar-refractivity contribution in [1.82, 2.24) is 9.88 Å². The quantitative estimate of drug-likeness (QED) is 0.814. The number of nitrogens with one attached hydrogen (secondary N) is 1. The highest BCUT2D eigenvalue weighted by molar-refractivity contribution is 6.30. The number of nitrogens with zero attached hydrogens (tertiary/aromatic N) is 1. The molecule has 2 aromatic rings. The minimum atomic E-state index is -0.170. The predicted octanol–water partition coefficient (Wildman–Crippen LogP) is 4.39. The molecule has 0 saturated carbocycles. The Kier molecular flexibility index (Phi) is 6.05. The van der Waals surface area contributed by atoms with Crippen molar-refractivity contribution in [3.8, 4) is 0 Å². The largest absolute Gasteiger partial charge is 0.375 e. The number of aromatic nitrogens is 1. The predicted molar refractivity (Wildman–Crippen MR) is 104 cm³/mol. The van der Waals surface area contributed by atoms with E-state index < -0.39 is 0 Å². The van der Waals surface area contributed by atoms with Crippen LogP contribution in [-0.2, 0) is 16.1 Å². The molecule has 1 amide bonds. The van der Waals surface area contributed by atoms with Gasteiger partial charge in [-0.15, -0.1) is 0 Å². The van der Waals surface area contributed by atoms with E-state index in [1.807, 2.05) is 48.8 Å². The Morgan fingerprint density at radius 1 is 1.31 bits per heavy atom. The Hall–Kier alpha value is -1.78. The summed E-state index contributed by atoms with van der Waals surface area (Å²) in [6.45, 7) is 5.62. The van der Waals surface area contributed by atoms with Gasteiger partial charge in [0.1, 0.15) is 0 Å². The molecule has 2 heterocycles. The summed E-state index contributed by atoms with van der Waals surface area (Å²) in [5, 5.41) is 3.92. The van der Waals surface area contributed by atoms with Crippen LogP contribution in [0.1, 0.15) is 44.6 Å². The van der Waals surface area contributed by atoms with Gasteiger partial charge in [-0.3, -0.25) is 4.79 Å². The molecule has 26 heavy (non-hydrogen) atoms. The normalized spacial score (nSPS) is 20.5. The summed E-state index contributed by atoms with van der Waals surface area (Å²) in [6, 6.07) is 12.0. The van der Waals surface area contributed by atoms with Crippen molar-refractivity contribution >= 4 is 17.5 Å². The number of benzene rings is 1. The Labute approximate surface area is 160 Å². The molecule has 0 aliphatic carbocycles. The zero-order valence-electron chi connectivity index (χ0n) is 15.5. The first-order valence-electron chi connectivity index (χ1n) is 9.21. The lowest BCUT2D eigenvalue weighted by atomic mass is 9.92. The van der Waals surface area contributed by atoms with Gasteiger partial charge < -0.3 is 14.6 Å². The summed E-state index contributed by atoms with van der Waals surface area (Å²) < 4.78 is 7.86. The highest BCUT2D eigenvalue weighted by Crippen LogP contribution is 2.26. The minimum absolute atomic E-state index is 0.0970. The van der Waals surface area contributed by atoms with E-state index >= 15 is 0 Å². The topological polar surface area (TPSA) is 43.3 Å². The highest BCUT2D eigenvalue weighted by Gasteiger charge is 2.30. The van der Waals surface area contributed by atoms with Crippen LogP contribution in [0.4, 0.5) is 0 Å². The smallest absolute Gasteiger partial charge is 0.220 e. The summed E-state index contributed by atoms with van der Waals surface area (Å²) in [4.78, 5) is 12.7. The molecular formula is C21H27ClN2O2. The van der Waals surface area contributed by atoms with Crippen LogP contribution in [0.25, 0.3) is 0 Å². The van der Waals surface area contributed by atoms with Crippen molar-refractivity contribution in [3.05, 3.63) is 59.4 Å². The van der Waals surface area contributed by atoms with Crippen molar-refractivity contribution < 1.29 is 9.53 Å². The number of amides is 1. The van der Waals surface area contributed by atoms with E-state index in [1.165, 1.54) is 0 Å². The van der Waals surface area contributed by atoms with Crippen LogP contribution in [-0.4, -0.2) is 28.7 Å². The molecule has 1 aliphatic heterocycles. The summed E-state index contributed by atoms with van der Waals surface area (Å²) in [5.41, 5.74) is 0.960. The first-order chi connectivity index (χ1) is 12.4. The third-order valence-corrected chi connectivity index (χ3v) is 5.18. The lowest BCUT2D eigenvalue weighted by molar-refractivity contribution is -0.124. The molecule has 1 aromatic heterocycles. The fourth-order valence-electron chi connectivity index (χ4n) is 3.63. The monoisotopic (exact) mass is 374 g/mol. The number of halogens is 1. The highest BCUT2D eigenvalue weighted by atomic mass is 35.5. The number of hydrogen-bond donors (Lipinski definition) is 1. The van der Waals surface area contributed by atoms with Gasteiger partial charge in [-0.1, -0.05) is 23.7 Å². The second-order valence-electron chi connectivity index (χ2n) is 7.70. The standard InChI is InChI=1S/C21H27ClN2O2/c1-21(2)14-19(9-12-26-21)23-20(25)13-17(15-24-10-3-4-11-24)16-5-7-18(22)8-6-16/h3-8,10-11,17,19H,9,12-15H2,1-2H3,(H,23,25)/t17-,19-/m1/s1. The molecule has 0 radical (unpaired) electrons. The zero-order chi connectivity index (χ0) is 18.6. The summed E-state index contributed by atoms with van der Waals surface area (Å²) in [7, 11) is 0. The summed E-state index contributed by atoms with van der Waals surface area (Å²) >= 11 is 6.02. The molecule has 1 N–H and O–H groups in total. The third-order valence-electron chi connectivity index (χ3n) is 4.93. The Bertz CT molecular complexity index is 710. The van der Waals surface area contributed by atoms with Crippen LogP contribution in [0.5, 0.6) is 0 Å². The van der Waals surface area contributed by atoms with E-state index in [4.69, 9.17) is 16.3 Å². The molecule has 1 aromatic carbocycles. The van der Waals surface area contributed by atoms with Gasteiger partial charge in [0.15, 0.2) is 0 Å². The maximum absolute atomic E-state index is 12.7. The molecule has 0 unspecified atom stereocenters. The molecule has 2 atom stereocenters. The average molecular weight is 375 g/mol. The van der Waals surface area contributed by atoms with Gasteiger partial charge in [-0.2, -0.15) is 0 Å². The number of hydrogen-bond acceptors (Lipinski definition) is 2. The van der Waals surface area contributed by atoms with E-state index in [-0.39, 0.29) is 23.5 Å². The van der Waals surface area contributed by atoms with Crippen molar-refractivity contribution in [2.45, 2.75) is 57.2 Å². The van der Waals surface area contributed by atoms with Crippen LogP contribution < -0.4 is 5.32 Å². The molecule has 1 fully saturated rings. The fourth-order valence-corrected chi connectivity index (χ4v) is 3.76. The molecule has 3 rings (SSSR count). The van der Waals surface area contributed by atoms with Gasteiger partial charge in [0.25, 0.3) is 0 Å². The van der Waals surface area contributed by atoms with E-state index in [9.17, 15) is 4.79 Å². The van der Waals surface area contributed by atoms with Gasteiger partial charge in [0.2, 0.25) is 5.91 Å². The molecule has 140 valence electrons. The summed E-state index contributed by atoms with van der Waals surface area (Å²) in [5.74, 6) is 0.201. The maximum atomic E-state index is 12.7. The van der Waals surface area contributed by atoms with Gasteiger partial charge in [-0.25, -0.2) is 0 Å². The van der Waals surface area contributed by atoms with Crippen molar-refractivity contribution in [2.75, 3.05) is 6.61 Å². The van der Waals surface area contributed by atoms with Crippen LogP contribution in [0, 0.1) is 0 Å². The number of carbonyl (C=O) groups excluding carboxylic acids is 1. The third kappa shape index (κ3) is 5.36. The SMILES string of the molecule is CC1(C)C[C@H](NC(=O)C[C@H](Cn2cccc2)c2ccc(Cl)cc2)CCO1. The second-order valence-corrected chi connectivity index (χ2v) is 8.13. The molecule has 0 spiro atoms. The zero-order valence-corrected chi connectivity index (χ0v) is 16.2. The van der Waals surface area contributed by atoms with Crippen LogP contribution in [0.15, 0.2) is 48.8 Å². The van der Waals surface area contributed by atoms with Crippen molar-refractivity contribution in [1.29, 1.82) is 0 Å². The molecule has 1 aliphatic rings. The van der Waals surface area contributed by atoms with Crippen molar-refractivity contribution in [3.63, 3.8) is 0 Å². The first kappa shape index (κ1) is 19.0. The first-order valence-corrected chi connectivity index (χ1v) is 9.59. The molecule has 0 bridgehead atoms. The van der Waals surface area contributed by atoms with E-state index in [0.717, 1.165) is 24.9 Å². The lowest BCUT2D eigenvalue weighted by Crippen LogP contribution is -2.46. The average Bonchev–Trinajstić information content (AvgIpc) is 3.07. The number of ether oxygens (including phenoxy) is 1. The van der Waals surface area contributed by atoms with Crippen LogP contribution >= 0.6 is 11.6 Å². The maximum Gasteiger partial charge on any atom is 0.220 e. The molecule has 5 heteroatoms. The Morgan fingerprint density at radius 3 is 2.65 bits per heavy atom. The fraction of sp³-hybridized carbons (Fsp3) is 0.476. The minimum Gasteiger partial charge on any atom is -0.375 e. The Morgan fingerprint density at radius 2 is 2.00 bits per heavy atom. The lowest BCUT2D eigenvalue weighted by Gasteiger charge is -2.36. The summed E-state index contributed by atoms with van der Waals surface area (Å²) in [6.07, 6.45) is 6.24. The van der Waals surface area contributed by atoms with Gasteiger partial charge >= 0.3 is 0 Å². The Balaban J connectivity index is 1.66. The second kappa shape index (κ2) is 8.28. The number of rotatable bonds is 6. The van der Waals surface area contributed by atoms with Gasteiger partial charge in [0, 0.05) is 48.9 Å². The van der Waals surface area contributed by atoms with Crippen LogP contribution in [0.3, 0.4) is 0 Å².